The summed E-state index contributed by atoms with van der Waals surface area (Å²) in [5.74, 6) is 0. The highest BCUT2D eigenvalue weighted by molar-refractivity contribution is 9.10. The van der Waals surface area contributed by atoms with Gasteiger partial charge in [0.1, 0.15) is 12.7 Å². The molecule has 1 atom stereocenters. The van der Waals surface area contributed by atoms with E-state index >= 15 is 0 Å². The summed E-state index contributed by atoms with van der Waals surface area (Å²) in [7, 11) is 0. The summed E-state index contributed by atoms with van der Waals surface area (Å²) in [6.45, 7) is 0.203. The van der Waals surface area contributed by atoms with Crippen LogP contribution in [0.25, 0.3) is 5.69 Å². The lowest BCUT2D eigenvalue weighted by molar-refractivity contribution is 0.186. The molecule has 2 aromatic rings. The number of aromatic nitrogens is 3. The Morgan fingerprint density at radius 1 is 1.50 bits per heavy atom. The van der Waals surface area contributed by atoms with Crippen LogP contribution < -0.4 is 5.73 Å². The van der Waals surface area contributed by atoms with E-state index in [1.807, 2.05) is 18.2 Å². The van der Waals surface area contributed by atoms with Crippen LogP contribution in [0.1, 0.15) is 11.7 Å². The molecule has 0 aliphatic rings. The van der Waals surface area contributed by atoms with Gasteiger partial charge in [0.15, 0.2) is 0 Å². The Kier molecular flexibility index (Phi) is 3.33. The fourth-order valence-corrected chi connectivity index (χ4v) is 1.96. The largest absolute Gasteiger partial charge is 0.387 e. The molecule has 1 unspecified atom stereocenters. The summed E-state index contributed by atoms with van der Waals surface area (Å²) in [6, 6.07) is 5.50. The van der Waals surface area contributed by atoms with Gasteiger partial charge in [-0.25, -0.2) is 9.67 Å². The highest BCUT2D eigenvalue weighted by atomic mass is 79.9. The predicted molar refractivity (Wildman–Crippen MR) is 63.1 cm³/mol. The van der Waals surface area contributed by atoms with Crippen molar-refractivity contribution in [2.45, 2.75) is 6.10 Å². The zero-order valence-electron chi connectivity index (χ0n) is 8.42. The Hall–Kier alpha value is -1.24. The second kappa shape index (κ2) is 4.73. The molecule has 1 aromatic heterocycles. The Labute approximate surface area is 101 Å². The van der Waals surface area contributed by atoms with Crippen molar-refractivity contribution in [1.29, 1.82) is 0 Å². The van der Waals surface area contributed by atoms with Gasteiger partial charge in [0.2, 0.25) is 0 Å². The molecule has 0 amide bonds. The third-order valence-corrected chi connectivity index (χ3v) is 2.88. The quantitative estimate of drug-likeness (QED) is 0.881. The second-order valence-corrected chi connectivity index (χ2v) is 4.16. The molecule has 5 nitrogen and oxygen atoms in total. The molecular weight excluding hydrogens is 272 g/mol. The SMILES string of the molecule is NCC(O)c1ccc(-n2cncn2)c(Br)c1. The third-order valence-electron chi connectivity index (χ3n) is 2.25. The molecule has 0 saturated heterocycles. The number of aliphatic hydroxyl groups is 1. The minimum atomic E-state index is -0.638. The average molecular weight is 283 g/mol. The van der Waals surface area contributed by atoms with Crippen molar-refractivity contribution in [3.05, 3.63) is 40.9 Å². The van der Waals surface area contributed by atoms with Gasteiger partial charge in [0.25, 0.3) is 0 Å². The first-order valence-electron chi connectivity index (χ1n) is 4.75. The predicted octanol–water partition coefficient (Wildman–Crippen LogP) is 1.02. The number of aliphatic hydroxyl groups excluding tert-OH is 1. The molecule has 1 aromatic carbocycles. The molecule has 0 radical (unpaired) electrons. The van der Waals surface area contributed by atoms with E-state index in [9.17, 15) is 5.11 Å². The van der Waals surface area contributed by atoms with E-state index in [4.69, 9.17) is 5.73 Å². The molecule has 3 N–H and O–H groups in total. The lowest BCUT2D eigenvalue weighted by Crippen LogP contribution is -2.11. The molecule has 0 saturated carbocycles. The summed E-state index contributed by atoms with van der Waals surface area (Å²) in [5, 5.41) is 13.6. The minimum Gasteiger partial charge on any atom is -0.387 e. The van der Waals surface area contributed by atoms with Crippen LogP contribution in [0.5, 0.6) is 0 Å². The van der Waals surface area contributed by atoms with E-state index in [2.05, 4.69) is 26.0 Å². The highest BCUT2D eigenvalue weighted by Gasteiger charge is 2.09. The summed E-state index contributed by atoms with van der Waals surface area (Å²) in [4.78, 5) is 3.88. The normalized spacial score (nSPS) is 12.7. The van der Waals surface area contributed by atoms with Crippen LogP contribution in [0.2, 0.25) is 0 Å². The topological polar surface area (TPSA) is 77.0 Å². The number of hydrogen-bond acceptors (Lipinski definition) is 4. The summed E-state index contributed by atoms with van der Waals surface area (Å²) in [5.41, 5.74) is 7.04. The van der Waals surface area contributed by atoms with E-state index in [-0.39, 0.29) is 6.54 Å². The lowest BCUT2D eigenvalue weighted by Gasteiger charge is -2.10. The van der Waals surface area contributed by atoms with Crippen molar-refractivity contribution in [1.82, 2.24) is 14.8 Å². The van der Waals surface area contributed by atoms with Gasteiger partial charge in [0, 0.05) is 11.0 Å². The van der Waals surface area contributed by atoms with Crippen LogP contribution >= 0.6 is 15.9 Å². The monoisotopic (exact) mass is 282 g/mol. The van der Waals surface area contributed by atoms with Gasteiger partial charge in [-0.15, -0.1) is 0 Å². The van der Waals surface area contributed by atoms with Gasteiger partial charge in [-0.1, -0.05) is 6.07 Å². The maximum atomic E-state index is 9.59. The number of rotatable bonds is 3. The van der Waals surface area contributed by atoms with Gasteiger partial charge in [-0.3, -0.25) is 0 Å². The number of nitrogens with zero attached hydrogens (tertiary/aromatic N) is 3. The third kappa shape index (κ3) is 2.13. The molecule has 0 aliphatic heterocycles. The van der Waals surface area contributed by atoms with E-state index in [0.717, 1.165) is 15.7 Å². The number of hydrogen-bond donors (Lipinski definition) is 2. The standard InChI is InChI=1S/C10H11BrN4O/c11-8-3-7(10(16)4-12)1-2-9(8)15-6-13-5-14-15/h1-3,5-6,10,16H,4,12H2. The maximum Gasteiger partial charge on any atom is 0.138 e. The lowest BCUT2D eigenvalue weighted by atomic mass is 10.1. The molecule has 0 spiro atoms. The van der Waals surface area contributed by atoms with Crippen LogP contribution in [-0.4, -0.2) is 26.4 Å². The van der Waals surface area contributed by atoms with E-state index < -0.39 is 6.10 Å². The van der Waals surface area contributed by atoms with Crippen molar-refractivity contribution in [3.8, 4) is 5.69 Å². The Morgan fingerprint density at radius 3 is 2.88 bits per heavy atom. The van der Waals surface area contributed by atoms with Crippen LogP contribution in [0.3, 0.4) is 0 Å². The van der Waals surface area contributed by atoms with Crippen LogP contribution in [0.15, 0.2) is 35.3 Å². The summed E-state index contributed by atoms with van der Waals surface area (Å²) < 4.78 is 2.48. The molecule has 0 bridgehead atoms. The second-order valence-electron chi connectivity index (χ2n) is 3.30. The van der Waals surface area contributed by atoms with Gasteiger partial charge in [-0.2, -0.15) is 5.10 Å². The minimum absolute atomic E-state index is 0.203. The van der Waals surface area contributed by atoms with Crippen molar-refractivity contribution < 1.29 is 5.11 Å². The molecule has 84 valence electrons. The van der Waals surface area contributed by atoms with Gasteiger partial charge in [0.05, 0.1) is 11.8 Å². The first-order chi connectivity index (χ1) is 7.72. The molecule has 16 heavy (non-hydrogen) atoms. The zero-order valence-corrected chi connectivity index (χ0v) is 10.0. The molecule has 2 rings (SSSR count). The van der Waals surface area contributed by atoms with Crippen molar-refractivity contribution in [2.75, 3.05) is 6.54 Å². The number of nitrogens with two attached hydrogens (primary N) is 1. The number of halogens is 1. The molecule has 0 fully saturated rings. The van der Waals surface area contributed by atoms with E-state index in [1.165, 1.54) is 6.33 Å². The Bertz CT molecular complexity index is 472. The van der Waals surface area contributed by atoms with E-state index in [0.29, 0.717) is 0 Å². The summed E-state index contributed by atoms with van der Waals surface area (Å²) in [6.07, 6.45) is 2.44. The van der Waals surface area contributed by atoms with Crippen molar-refractivity contribution in [2.24, 2.45) is 5.73 Å². The van der Waals surface area contributed by atoms with Gasteiger partial charge in [-0.05, 0) is 33.6 Å². The smallest absolute Gasteiger partial charge is 0.138 e. The first-order valence-corrected chi connectivity index (χ1v) is 5.54. The van der Waals surface area contributed by atoms with Crippen molar-refractivity contribution >= 4 is 15.9 Å². The Balaban J connectivity index is 2.37. The Morgan fingerprint density at radius 2 is 2.31 bits per heavy atom. The highest BCUT2D eigenvalue weighted by Crippen LogP contribution is 2.24. The number of benzene rings is 1. The molecular formula is C10H11BrN4O. The van der Waals surface area contributed by atoms with Crippen LogP contribution in [0.4, 0.5) is 0 Å². The summed E-state index contributed by atoms with van der Waals surface area (Å²) >= 11 is 3.43. The average Bonchev–Trinajstić information content (AvgIpc) is 2.81. The maximum absolute atomic E-state index is 9.59. The molecule has 1 heterocycles. The molecule has 0 aliphatic carbocycles. The first kappa shape index (κ1) is 11.3. The fourth-order valence-electron chi connectivity index (χ4n) is 1.38. The van der Waals surface area contributed by atoms with Crippen LogP contribution in [0, 0.1) is 0 Å². The van der Waals surface area contributed by atoms with Gasteiger partial charge < -0.3 is 10.8 Å². The zero-order chi connectivity index (χ0) is 11.5. The van der Waals surface area contributed by atoms with E-state index in [1.54, 1.807) is 11.0 Å². The van der Waals surface area contributed by atoms with Crippen LogP contribution in [-0.2, 0) is 0 Å². The molecule has 6 heteroatoms. The van der Waals surface area contributed by atoms with Gasteiger partial charge >= 0.3 is 0 Å². The fraction of sp³-hybridized carbons (Fsp3) is 0.200. The van der Waals surface area contributed by atoms with Crippen molar-refractivity contribution in [3.63, 3.8) is 0 Å².